The number of fused-ring (bicyclic) bond motifs is 1. The molecular formula is C21H21N5O2S2. The number of rotatable bonds is 5. The van der Waals surface area contributed by atoms with Crippen molar-refractivity contribution in [1.29, 1.82) is 0 Å². The van der Waals surface area contributed by atoms with Crippen LogP contribution in [0.5, 0.6) is 0 Å². The van der Waals surface area contributed by atoms with E-state index >= 15 is 0 Å². The van der Waals surface area contributed by atoms with Gasteiger partial charge in [0.05, 0.1) is 41.4 Å². The summed E-state index contributed by atoms with van der Waals surface area (Å²) < 4.78 is 5.40. The van der Waals surface area contributed by atoms with E-state index in [1.54, 1.807) is 11.3 Å². The number of aromatic amines is 1. The number of carbonyl (C=O) groups is 1. The summed E-state index contributed by atoms with van der Waals surface area (Å²) in [6.45, 7) is 6.01. The normalized spacial score (nSPS) is 15.0. The molecule has 0 radical (unpaired) electrons. The fourth-order valence-electron chi connectivity index (χ4n) is 3.49. The Hall–Kier alpha value is -2.59. The molecule has 0 saturated carbocycles. The maximum absolute atomic E-state index is 12.8. The lowest BCUT2D eigenvalue weighted by Crippen LogP contribution is -2.35. The molecule has 1 aliphatic heterocycles. The van der Waals surface area contributed by atoms with Gasteiger partial charge in [0, 0.05) is 18.8 Å². The number of nitrogens with zero attached hydrogens (tertiary/aromatic N) is 3. The predicted octanol–water partition coefficient (Wildman–Crippen LogP) is 4.14. The van der Waals surface area contributed by atoms with Gasteiger partial charge in [-0.2, -0.15) is 0 Å². The van der Waals surface area contributed by atoms with Gasteiger partial charge in [-0.25, -0.2) is 9.97 Å². The van der Waals surface area contributed by atoms with Crippen molar-refractivity contribution in [2.45, 2.75) is 13.5 Å². The number of anilines is 1. The Morgan fingerprint density at radius 1 is 1.27 bits per heavy atom. The molecule has 7 nitrogen and oxygen atoms in total. The van der Waals surface area contributed by atoms with Crippen LogP contribution in [0.4, 0.5) is 5.69 Å². The number of carbonyl (C=O) groups excluding carboxylic acids is 1. The van der Waals surface area contributed by atoms with Crippen LogP contribution in [-0.2, 0) is 11.3 Å². The van der Waals surface area contributed by atoms with Crippen molar-refractivity contribution in [3.8, 4) is 9.88 Å². The summed E-state index contributed by atoms with van der Waals surface area (Å²) in [5.74, 6) is 0.787. The van der Waals surface area contributed by atoms with Gasteiger partial charge < -0.3 is 15.0 Å². The van der Waals surface area contributed by atoms with Gasteiger partial charge in [0.25, 0.3) is 5.91 Å². The number of aryl methyl sites for hydroxylation is 1. The molecule has 0 aliphatic carbocycles. The van der Waals surface area contributed by atoms with Crippen molar-refractivity contribution in [2.24, 2.45) is 0 Å². The molecule has 1 aliphatic rings. The molecule has 9 heteroatoms. The molecule has 3 aromatic heterocycles. The number of hydrogen-bond donors (Lipinski definition) is 2. The van der Waals surface area contributed by atoms with E-state index in [0.29, 0.717) is 4.88 Å². The van der Waals surface area contributed by atoms with Crippen LogP contribution in [0.3, 0.4) is 0 Å². The van der Waals surface area contributed by atoms with Crippen molar-refractivity contribution in [2.75, 3.05) is 31.6 Å². The van der Waals surface area contributed by atoms with Crippen LogP contribution >= 0.6 is 22.7 Å². The van der Waals surface area contributed by atoms with Gasteiger partial charge in [-0.1, -0.05) is 6.07 Å². The third-order valence-corrected chi connectivity index (χ3v) is 7.20. The van der Waals surface area contributed by atoms with Crippen LogP contribution in [0.15, 0.2) is 35.7 Å². The molecule has 5 rings (SSSR count). The molecule has 154 valence electrons. The van der Waals surface area contributed by atoms with Crippen LogP contribution in [-0.4, -0.2) is 52.1 Å². The van der Waals surface area contributed by atoms with Gasteiger partial charge in [-0.3, -0.25) is 9.69 Å². The van der Waals surface area contributed by atoms with Gasteiger partial charge in [0.2, 0.25) is 0 Å². The lowest BCUT2D eigenvalue weighted by Gasteiger charge is -2.25. The van der Waals surface area contributed by atoms with Gasteiger partial charge in [0.1, 0.15) is 15.7 Å². The number of amides is 1. The first kappa shape index (κ1) is 19.4. The minimum absolute atomic E-state index is 0.139. The number of nitrogens with one attached hydrogen (secondary N) is 2. The Labute approximate surface area is 181 Å². The van der Waals surface area contributed by atoms with E-state index in [1.807, 2.05) is 42.6 Å². The summed E-state index contributed by atoms with van der Waals surface area (Å²) >= 11 is 3.05. The molecule has 0 bridgehead atoms. The summed E-state index contributed by atoms with van der Waals surface area (Å²) in [5.41, 5.74) is 3.29. The molecule has 4 heterocycles. The lowest BCUT2D eigenvalue weighted by molar-refractivity contribution is 0.0332. The molecule has 1 saturated heterocycles. The van der Waals surface area contributed by atoms with Crippen LogP contribution < -0.4 is 5.32 Å². The maximum Gasteiger partial charge on any atom is 0.267 e. The predicted molar refractivity (Wildman–Crippen MR) is 120 cm³/mol. The zero-order valence-electron chi connectivity index (χ0n) is 16.5. The Bertz CT molecular complexity index is 1180. The zero-order valence-corrected chi connectivity index (χ0v) is 18.1. The second-order valence-corrected chi connectivity index (χ2v) is 9.12. The maximum atomic E-state index is 12.8. The zero-order chi connectivity index (χ0) is 20.5. The van der Waals surface area contributed by atoms with Crippen LogP contribution in [0.25, 0.3) is 20.9 Å². The summed E-state index contributed by atoms with van der Waals surface area (Å²) in [7, 11) is 0. The van der Waals surface area contributed by atoms with Crippen molar-refractivity contribution in [3.05, 3.63) is 52.1 Å². The molecule has 4 aromatic rings. The van der Waals surface area contributed by atoms with E-state index in [1.165, 1.54) is 11.3 Å². The number of thiophene rings is 1. The summed E-state index contributed by atoms with van der Waals surface area (Å²) in [5, 5.41) is 5.89. The SMILES string of the molecule is Cc1nc(-c2cccs2)sc1C(=O)Nc1ccc2nc(CN3CCOCC3)[nH]c2c1. The molecular weight excluding hydrogens is 418 g/mol. The lowest BCUT2D eigenvalue weighted by atomic mass is 10.2. The largest absolute Gasteiger partial charge is 0.379 e. The summed E-state index contributed by atoms with van der Waals surface area (Å²) in [4.78, 5) is 29.5. The number of imidazole rings is 1. The molecule has 1 amide bonds. The number of H-pyrrole nitrogens is 1. The Morgan fingerprint density at radius 2 is 2.13 bits per heavy atom. The Balaban J connectivity index is 1.32. The second kappa shape index (κ2) is 8.27. The molecule has 1 aromatic carbocycles. The first-order chi connectivity index (χ1) is 14.7. The van der Waals surface area contributed by atoms with Crippen molar-refractivity contribution < 1.29 is 9.53 Å². The number of hydrogen-bond acceptors (Lipinski definition) is 7. The van der Waals surface area contributed by atoms with Gasteiger partial charge in [0.15, 0.2) is 0 Å². The standard InChI is InChI=1S/C21H21N5O2S2/c1-13-19(30-21(22-13)17-3-2-10-29-17)20(27)23-14-4-5-15-16(11-14)25-18(24-15)12-26-6-8-28-9-7-26/h2-5,10-11H,6-9,12H2,1H3,(H,23,27)(H,24,25). The third kappa shape index (κ3) is 4.01. The van der Waals surface area contributed by atoms with Crippen molar-refractivity contribution >= 4 is 45.3 Å². The quantitative estimate of drug-likeness (QED) is 0.488. The van der Waals surface area contributed by atoms with Gasteiger partial charge in [-0.15, -0.1) is 22.7 Å². The monoisotopic (exact) mass is 439 g/mol. The van der Waals surface area contributed by atoms with Crippen LogP contribution in [0.2, 0.25) is 0 Å². The Morgan fingerprint density at radius 3 is 2.93 bits per heavy atom. The van der Waals surface area contributed by atoms with E-state index in [2.05, 4.69) is 25.2 Å². The number of aromatic nitrogens is 3. The molecule has 1 fully saturated rings. The van der Waals surface area contributed by atoms with E-state index in [4.69, 9.17) is 4.74 Å². The molecule has 0 unspecified atom stereocenters. The molecule has 30 heavy (non-hydrogen) atoms. The highest BCUT2D eigenvalue weighted by Crippen LogP contribution is 2.31. The highest BCUT2D eigenvalue weighted by molar-refractivity contribution is 7.22. The first-order valence-electron chi connectivity index (χ1n) is 9.77. The summed E-state index contributed by atoms with van der Waals surface area (Å²) in [6, 6.07) is 9.76. The Kier molecular flexibility index (Phi) is 5.34. The second-order valence-electron chi connectivity index (χ2n) is 7.17. The number of benzene rings is 1. The number of morpholine rings is 1. The topological polar surface area (TPSA) is 83.1 Å². The van der Waals surface area contributed by atoms with Crippen LogP contribution in [0, 0.1) is 6.92 Å². The summed E-state index contributed by atoms with van der Waals surface area (Å²) in [6.07, 6.45) is 0. The number of thiazole rings is 1. The average molecular weight is 440 g/mol. The molecule has 2 N–H and O–H groups in total. The average Bonchev–Trinajstić information content (AvgIpc) is 3.47. The molecule has 0 spiro atoms. The highest BCUT2D eigenvalue weighted by Gasteiger charge is 2.18. The minimum atomic E-state index is -0.139. The number of ether oxygens (including phenoxy) is 1. The van der Waals surface area contributed by atoms with Crippen molar-refractivity contribution in [1.82, 2.24) is 19.9 Å². The van der Waals surface area contributed by atoms with Crippen molar-refractivity contribution in [3.63, 3.8) is 0 Å². The van der Waals surface area contributed by atoms with E-state index in [0.717, 1.165) is 71.0 Å². The van der Waals surface area contributed by atoms with Crippen LogP contribution in [0.1, 0.15) is 21.2 Å². The van der Waals surface area contributed by atoms with E-state index in [-0.39, 0.29) is 5.91 Å². The smallest absolute Gasteiger partial charge is 0.267 e. The minimum Gasteiger partial charge on any atom is -0.379 e. The van der Waals surface area contributed by atoms with Gasteiger partial charge >= 0.3 is 0 Å². The fraction of sp³-hybridized carbons (Fsp3) is 0.286. The highest BCUT2D eigenvalue weighted by atomic mass is 32.1. The third-order valence-electron chi connectivity index (χ3n) is 5.00. The van der Waals surface area contributed by atoms with Gasteiger partial charge in [-0.05, 0) is 36.6 Å². The molecule has 0 atom stereocenters. The van der Waals surface area contributed by atoms with E-state index in [9.17, 15) is 4.79 Å². The van der Waals surface area contributed by atoms with E-state index < -0.39 is 0 Å². The first-order valence-corrected chi connectivity index (χ1v) is 11.5. The fourth-order valence-corrected chi connectivity index (χ4v) is 5.25.